The zero-order valence-electron chi connectivity index (χ0n) is 13.9. The van der Waals surface area contributed by atoms with Gasteiger partial charge < -0.3 is 14.8 Å². The minimum atomic E-state index is -0.176. The summed E-state index contributed by atoms with van der Waals surface area (Å²) in [5.74, 6) is 0.486. The second kappa shape index (κ2) is 8.32. The van der Waals surface area contributed by atoms with Crippen molar-refractivity contribution in [3.8, 4) is 11.8 Å². The van der Waals surface area contributed by atoms with Gasteiger partial charge in [0.15, 0.2) is 0 Å². The molecule has 2 aromatic rings. The normalized spacial score (nSPS) is 16.2. The zero-order chi connectivity index (χ0) is 17.5. The number of hydrogen-bond acceptors (Lipinski definition) is 4. The number of carbonyl (C=O) groups excluding carboxylic acids is 1. The summed E-state index contributed by atoms with van der Waals surface area (Å²) in [5, 5.41) is 11.8. The van der Waals surface area contributed by atoms with E-state index in [0.717, 1.165) is 25.0 Å². The molecular weight excluding hydrogens is 316 g/mol. The first-order chi connectivity index (χ1) is 12.2. The first kappa shape index (κ1) is 17.0. The average molecular weight is 336 g/mol. The van der Waals surface area contributed by atoms with E-state index in [1.165, 1.54) is 0 Å². The maximum absolute atomic E-state index is 12.3. The van der Waals surface area contributed by atoms with Crippen molar-refractivity contribution >= 4 is 5.91 Å². The molecule has 0 aliphatic carbocycles. The van der Waals surface area contributed by atoms with Crippen molar-refractivity contribution in [2.24, 2.45) is 0 Å². The van der Waals surface area contributed by atoms with Crippen molar-refractivity contribution in [2.75, 3.05) is 13.2 Å². The number of rotatable bonds is 6. The molecule has 0 spiro atoms. The van der Waals surface area contributed by atoms with Crippen LogP contribution >= 0.6 is 0 Å². The molecule has 1 amide bonds. The summed E-state index contributed by atoms with van der Waals surface area (Å²) in [4.78, 5) is 12.3. The second-order valence-corrected chi connectivity index (χ2v) is 5.97. The third-order valence-electron chi connectivity index (χ3n) is 4.07. The lowest BCUT2D eigenvalue weighted by molar-refractivity contribution is 0.0679. The Morgan fingerprint density at radius 2 is 2.16 bits per heavy atom. The van der Waals surface area contributed by atoms with Crippen LogP contribution in [0.1, 0.15) is 34.3 Å². The van der Waals surface area contributed by atoms with Crippen molar-refractivity contribution in [3.05, 3.63) is 65.2 Å². The molecule has 1 fully saturated rings. The molecule has 0 radical (unpaired) electrons. The minimum absolute atomic E-state index is 0.143. The molecule has 1 heterocycles. The van der Waals surface area contributed by atoms with Gasteiger partial charge in [0.25, 0.3) is 5.91 Å². The number of nitrogens with zero attached hydrogens (tertiary/aromatic N) is 1. The molecule has 1 atom stereocenters. The predicted octanol–water partition coefficient (Wildman–Crippen LogP) is 3.05. The minimum Gasteiger partial charge on any atom is -0.491 e. The lowest BCUT2D eigenvalue weighted by Gasteiger charge is -2.12. The number of nitrogens with one attached hydrogen (secondary N) is 1. The molecule has 5 nitrogen and oxygen atoms in total. The van der Waals surface area contributed by atoms with Crippen LogP contribution < -0.4 is 10.1 Å². The van der Waals surface area contributed by atoms with Crippen LogP contribution in [0.4, 0.5) is 0 Å². The fraction of sp³-hybridized carbons (Fsp3) is 0.300. The molecule has 3 rings (SSSR count). The summed E-state index contributed by atoms with van der Waals surface area (Å²) < 4.78 is 11.3. The van der Waals surface area contributed by atoms with Gasteiger partial charge in [0.2, 0.25) is 0 Å². The Labute approximate surface area is 147 Å². The number of ether oxygens (including phenoxy) is 2. The van der Waals surface area contributed by atoms with Crippen molar-refractivity contribution in [1.82, 2.24) is 5.32 Å². The van der Waals surface area contributed by atoms with E-state index in [9.17, 15) is 4.79 Å². The van der Waals surface area contributed by atoms with Crippen LogP contribution in [0.25, 0.3) is 0 Å². The van der Waals surface area contributed by atoms with Gasteiger partial charge in [-0.15, -0.1) is 0 Å². The topological polar surface area (TPSA) is 71.4 Å². The van der Waals surface area contributed by atoms with Crippen LogP contribution in [0.3, 0.4) is 0 Å². The summed E-state index contributed by atoms with van der Waals surface area (Å²) >= 11 is 0. The SMILES string of the molecule is N#Cc1cccc(CNC(=O)c2cccc(OCC3CCCO3)c2)c1. The van der Waals surface area contributed by atoms with Gasteiger partial charge in [-0.05, 0) is 48.7 Å². The summed E-state index contributed by atoms with van der Waals surface area (Å²) in [5.41, 5.74) is 2.01. The highest BCUT2D eigenvalue weighted by Crippen LogP contribution is 2.17. The van der Waals surface area contributed by atoms with Crippen LogP contribution in [-0.4, -0.2) is 25.2 Å². The highest BCUT2D eigenvalue weighted by molar-refractivity contribution is 5.94. The molecule has 0 saturated carbocycles. The Hall–Kier alpha value is -2.84. The van der Waals surface area contributed by atoms with Crippen molar-refractivity contribution in [1.29, 1.82) is 5.26 Å². The van der Waals surface area contributed by atoms with Crippen molar-refractivity contribution < 1.29 is 14.3 Å². The zero-order valence-corrected chi connectivity index (χ0v) is 13.9. The molecule has 128 valence electrons. The molecule has 0 bridgehead atoms. The number of carbonyl (C=O) groups is 1. The molecule has 0 aromatic heterocycles. The van der Waals surface area contributed by atoms with Crippen LogP contribution in [0.2, 0.25) is 0 Å². The fourth-order valence-electron chi connectivity index (χ4n) is 2.73. The van der Waals surface area contributed by atoms with Crippen LogP contribution in [0.5, 0.6) is 5.75 Å². The van der Waals surface area contributed by atoms with E-state index in [2.05, 4.69) is 11.4 Å². The average Bonchev–Trinajstić information content (AvgIpc) is 3.18. The van der Waals surface area contributed by atoms with Gasteiger partial charge >= 0.3 is 0 Å². The molecule has 1 aliphatic heterocycles. The Kier molecular flexibility index (Phi) is 5.65. The molecule has 1 unspecified atom stereocenters. The van der Waals surface area contributed by atoms with Crippen molar-refractivity contribution in [2.45, 2.75) is 25.5 Å². The molecule has 5 heteroatoms. The van der Waals surface area contributed by atoms with Crippen LogP contribution in [-0.2, 0) is 11.3 Å². The summed E-state index contributed by atoms with van der Waals surface area (Å²) in [6.07, 6.45) is 2.23. The van der Waals surface area contributed by atoms with E-state index in [1.54, 1.807) is 36.4 Å². The van der Waals surface area contributed by atoms with Gasteiger partial charge in [-0.2, -0.15) is 5.26 Å². The predicted molar refractivity (Wildman–Crippen MR) is 93.2 cm³/mol. The highest BCUT2D eigenvalue weighted by Gasteiger charge is 2.16. The summed E-state index contributed by atoms with van der Waals surface area (Å²) in [6, 6.07) is 16.4. The Balaban J connectivity index is 1.56. The van der Waals surface area contributed by atoms with E-state index in [0.29, 0.717) is 30.0 Å². The van der Waals surface area contributed by atoms with Crippen LogP contribution in [0.15, 0.2) is 48.5 Å². The molecule has 1 aliphatic rings. The van der Waals surface area contributed by atoms with E-state index in [1.807, 2.05) is 12.1 Å². The van der Waals surface area contributed by atoms with Gasteiger partial charge in [0.05, 0.1) is 17.7 Å². The molecule has 1 N–H and O–H groups in total. The number of hydrogen-bond donors (Lipinski definition) is 1. The van der Waals surface area contributed by atoms with Gasteiger partial charge in [-0.1, -0.05) is 18.2 Å². The van der Waals surface area contributed by atoms with Gasteiger partial charge in [0.1, 0.15) is 12.4 Å². The van der Waals surface area contributed by atoms with Crippen LogP contribution in [0, 0.1) is 11.3 Å². The monoisotopic (exact) mass is 336 g/mol. The Bertz CT molecular complexity index is 777. The fourth-order valence-corrected chi connectivity index (χ4v) is 2.73. The number of benzene rings is 2. The van der Waals surface area contributed by atoms with E-state index in [4.69, 9.17) is 14.7 Å². The lowest BCUT2D eigenvalue weighted by atomic mass is 10.1. The third kappa shape index (κ3) is 4.82. The second-order valence-electron chi connectivity index (χ2n) is 5.97. The van der Waals surface area contributed by atoms with Crippen molar-refractivity contribution in [3.63, 3.8) is 0 Å². The third-order valence-corrected chi connectivity index (χ3v) is 4.07. The molecular formula is C20H20N2O3. The number of amides is 1. The van der Waals surface area contributed by atoms with Gasteiger partial charge in [-0.25, -0.2) is 0 Å². The first-order valence-corrected chi connectivity index (χ1v) is 8.36. The molecule has 2 aromatic carbocycles. The number of nitriles is 1. The highest BCUT2D eigenvalue weighted by atomic mass is 16.5. The molecule has 25 heavy (non-hydrogen) atoms. The van der Waals surface area contributed by atoms with E-state index in [-0.39, 0.29) is 12.0 Å². The van der Waals surface area contributed by atoms with E-state index >= 15 is 0 Å². The van der Waals surface area contributed by atoms with E-state index < -0.39 is 0 Å². The molecule has 1 saturated heterocycles. The largest absolute Gasteiger partial charge is 0.491 e. The Morgan fingerprint density at radius 3 is 2.96 bits per heavy atom. The first-order valence-electron chi connectivity index (χ1n) is 8.36. The summed E-state index contributed by atoms with van der Waals surface area (Å²) in [7, 11) is 0. The quantitative estimate of drug-likeness (QED) is 0.880. The lowest BCUT2D eigenvalue weighted by Crippen LogP contribution is -2.23. The Morgan fingerprint density at radius 1 is 1.28 bits per heavy atom. The summed E-state index contributed by atoms with van der Waals surface area (Å²) in [6.45, 7) is 1.67. The van der Waals surface area contributed by atoms with Gasteiger partial charge in [0, 0.05) is 18.7 Å². The van der Waals surface area contributed by atoms with Gasteiger partial charge in [-0.3, -0.25) is 4.79 Å². The maximum atomic E-state index is 12.3. The smallest absolute Gasteiger partial charge is 0.251 e. The standard InChI is InChI=1S/C20H20N2O3/c21-12-15-4-1-5-16(10-15)13-22-20(23)17-6-2-7-18(11-17)25-14-19-8-3-9-24-19/h1-2,4-7,10-11,19H,3,8-9,13-14H2,(H,22,23). The maximum Gasteiger partial charge on any atom is 0.251 e.